The third kappa shape index (κ3) is 2.45. The maximum atomic E-state index is 12.7. The quantitative estimate of drug-likeness (QED) is 0.847. The molecule has 0 bridgehead atoms. The van der Waals surface area contributed by atoms with Crippen LogP contribution >= 0.6 is 0 Å². The summed E-state index contributed by atoms with van der Waals surface area (Å²) < 4.78 is 26.8. The lowest BCUT2D eigenvalue weighted by molar-refractivity contribution is -0.116. The van der Waals surface area contributed by atoms with Crippen LogP contribution in [0.3, 0.4) is 0 Å². The van der Waals surface area contributed by atoms with E-state index in [1.807, 2.05) is 0 Å². The van der Waals surface area contributed by atoms with E-state index in [1.165, 1.54) is 4.31 Å². The number of amides is 1. The third-order valence-corrected chi connectivity index (χ3v) is 6.06. The minimum Gasteiger partial charge on any atom is -0.327 e. The fraction of sp³-hybridized carbons (Fsp3) is 0.500. The van der Waals surface area contributed by atoms with Crippen molar-refractivity contribution in [1.29, 1.82) is 0 Å². The van der Waals surface area contributed by atoms with E-state index in [9.17, 15) is 13.2 Å². The fourth-order valence-corrected chi connectivity index (χ4v) is 4.47. The fourth-order valence-electron chi connectivity index (χ4n) is 2.90. The predicted molar refractivity (Wildman–Crippen MR) is 79.5 cm³/mol. The summed E-state index contributed by atoms with van der Waals surface area (Å²) >= 11 is 0. The SMILES string of the molecule is CC1C(=O)Nc2ccc(S(=O)(=O)N3CCC[C@@H](N)C3)cc21. The Hall–Kier alpha value is -1.44. The Morgan fingerprint density at radius 1 is 1.38 bits per heavy atom. The topological polar surface area (TPSA) is 92.5 Å². The molecule has 1 saturated heterocycles. The zero-order chi connectivity index (χ0) is 15.2. The van der Waals surface area contributed by atoms with Gasteiger partial charge in [-0.05, 0) is 43.5 Å². The first-order valence-corrected chi connectivity index (χ1v) is 8.54. The zero-order valence-electron chi connectivity index (χ0n) is 11.9. The standard InChI is InChI=1S/C14H19N3O3S/c1-9-12-7-11(4-5-13(12)16-14(9)18)21(19,20)17-6-2-3-10(15)8-17/h4-5,7,9-10H,2-3,6,8,15H2,1H3,(H,16,18)/t9?,10-/m1/s1. The molecule has 0 aromatic heterocycles. The van der Waals surface area contributed by atoms with Crippen LogP contribution in [0.4, 0.5) is 5.69 Å². The number of nitrogens with zero attached hydrogens (tertiary/aromatic N) is 1. The Morgan fingerprint density at radius 2 is 2.14 bits per heavy atom. The van der Waals surface area contributed by atoms with Crippen molar-refractivity contribution >= 4 is 21.6 Å². The largest absolute Gasteiger partial charge is 0.327 e. The highest BCUT2D eigenvalue weighted by atomic mass is 32.2. The molecule has 1 unspecified atom stereocenters. The second-order valence-corrected chi connectivity index (χ2v) is 7.66. The van der Waals surface area contributed by atoms with Gasteiger partial charge < -0.3 is 11.1 Å². The molecule has 0 spiro atoms. The van der Waals surface area contributed by atoms with Gasteiger partial charge in [-0.15, -0.1) is 0 Å². The molecule has 6 nitrogen and oxygen atoms in total. The lowest BCUT2D eigenvalue weighted by Gasteiger charge is -2.30. The van der Waals surface area contributed by atoms with Gasteiger partial charge in [0.15, 0.2) is 0 Å². The van der Waals surface area contributed by atoms with Crippen molar-refractivity contribution in [3.8, 4) is 0 Å². The molecule has 0 saturated carbocycles. The summed E-state index contributed by atoms with van der Waals surface area (Å²) in [5.74, 6) is -0.418. The number of fused-ring (bicyclic) bond motifs is 1. The van der Waals surface area contributed by atoms with Crippen LogP contribution in [0.15, 0.2) is 23.1 Å². The molecule has 1 fully saturated rings. The van der Waals surface area contributed by atoms with Crippen LogP contribution in [0, 0.1) is 0 Å². The number of nitrogens with one attached hydrogen (secondary N) is 1. The van der Waals surface area contributed by atoms with E-state index in [4.69, 9.17) is 5.73 Å². The van der Waals surface area contributed by atoms with Gasteiger partial charge in [-0.25, -0.2) is 8.42 Å². The number of anilines is 1. The highest BCUT2D eigenvalue weighted by Crippen LogP contribution is 2.34. The van der Waals surface area contributed by atoms with E-state index in [0.29, 0.717) is 18.8 Å². The molecule has 0 radical (unpaired) electrons. The van der Waals surface area contributed by atoms with Crippen molar-refractivity contribution in [2.45, 2.75) is 36.6 Å². The number of hydrogen-bond donors (Lipinski definition) is 2. The molecule has 3 N–H and O–H groups in total. The molecule has 1 aromatic carbocycles. The highest BCUT2D eigenvalue weighted by molar-refractivity contribution is 7.89. The molecule has 2 aliphatic rings. The van der Waals surface area contributed by atoms with E-state index in [1.54, 1.807) is 25.1 Å². The van der Waals surface area contributed by atoms with E-state index in [2.05, 4.69) is 5.32 Å². The van der Waals surface area contributed by atoms with Crippen molar-refractivity contribution in [1.82, 2.24) is 4.31 Å². The predicted octanol–water partition coefficient (Wildman–Crippen LogP) is 0.854. The molecule has 0 aliphatic carbocycles. The van der Waals surface area contributed by atoms with Gasteiger partial charge in [0.1, 0.15) is 0 Å². The molecular formula is C14H19N3O3S. The summed E-state index contributed by atoms with van der Waals surface area (Å²) in [7, 11) is -3.54. The third-order valence-electron chi connectivity index (χ3n) is 4.20. The molecule has 7 heteroatoms. The van der Waals surface area contributed by atoms with Crippen molar-refractivity contribution in [3.05, 3.63) is 23.8 Å². The molecule has 2 heterocycles. The Bertz CT molecular complexity index is 687. The zero-order valence-corrected chi connectivity index (χ0v) is 12.7. The summed E-state index contributed by atoms with van der Waals surface area (Å²) in [6.45, 7) is 2.63. The second kappa shape index (κ2) is 5.08. The first-order chi connectivity index (χ1) is 9.89. The Labute approximate surface area is 124 Å². The van der Waals surface area contributed by atoms with Crippen LogP contribution in [0.1, 0.15) is 31.2 Å². The average Bonchev–Trinajstić information content (AvgIpc) is 2.74. The van der Waals surface area contributed by atoms with Crippen molar-refractivity contribution in [3.63, 3.8) is 0 Å². The van der Waals surface area contributed by atoms with Crippen LogP contribution in [0.25, 0.3) is 0 Å². The van der Waals surface area contributed by atoms with E-state index in [0.717, 1.165) is 18.4 Å². The Kier molecular flexibility index (Phi) is 3.51. The van der Waals surface area contributed by atoms with Crippen molar-refractivity contribution in [2.24, 2.45) is 5.73 Å². The van der Waals surface area contributed by atoms with Crippen LogP contribution in [-0.4, -0.2) is 37.8 Å². The number of hydrogen-bond acceptors (Lipinski definition) is 4. The summed E-state index contributed by atoms with van der Waals surface area (Å²) in [4.78, 5) is 11.9. The minimum atomic E-state index is -3.54. The van der Waals surface area contributed by atoms with Crippen LogP contribution in [0.5, 0.6) is 0 Å². The molecule has 21 heavy (non-hydrogen) atoms. The maximum absolute atomic E-state index is 12.7. The molecule has 2 aliphatic heterocycles. The summed E-state index contributed by atoms with van der Waals surface area (Å²) in [5.41, 5.74) is 7.30. The number of nitrogens with two attached hydrogens (primary N) is 1. The van der Waals surface area contributed by atoms with Gasteiger partial charge in [-0.1, -0.05) is 0 Å². The molecule has 1 aromatic rings. The Balaban J connectivity index is 1.95. The van der Waals surface area contributed by atoms with Gasteiger partial charge in [-0.2, -0.15) is 4.31 Å². The number of carbonyl (C=O) groups excluding carboxylic acids is 1. The average molecular weight is 309 g/mol. The second-order valence-electron chi connectivity index (χ2n) is 5.73. The van der Waals surface area contributed by atoms with Crippen molar-refractivity contribution < 1.29 is 13.2 Å². The number of rotatable bonds is 2. The minimum absolute atomic E-state index is 0.0976. The van der Waals surface area contributed by atoms with Crippen molar-refractivity contribution in [2.75, 3.05) is 18.4 Å². The lowest BCUT2D eigenvalue weighted by Crippen LogP contribution is -2.45. The van der Waals surface area contributed by atoms with Gasteiger partial charge in [0.2, 0.25) is 15.9 Å². The van der Waals surface area contributed by atoms with Crippen LogP contribution < -0.4 is 11.1 Å². The summed E-state index contributed by atoms with van der Waals surface area (Å²) in [6.07, 6.45) is 1.63. The van der Waals surface area contributed by atoms with Gasteiger partial charge in [0.25, 0.3) is 0 Å². The monoisotopic (exact) mass is 309 g/mol. The van der Waals surface area contributed by atoms with Crippen LogP contribution in [0.2, 0.25) is 0 Å². The first-order valence-electron chi connectivity index (χ1n) is 7.10. The molecular weight excluding hydrogens is 290 g/mol. The highest BCUT2D eigenvalue weighted by Gasteiger charge is 2.32. The van der Waals surface area contributed by atoms with Crippen LogP contribution in [-0.2, 0) is 14.8 Å². The first kappa shape index (κ1) is 14.5. The molecule has 2 atom stereocenters. The van der Waals surface area contributed by atoms with Gasteiger partial charge in [0.05, 0.1) is 10.8 Å². The Morgan fingerprint density at radius 3 is 2.86 bits per heavy atom. The van der Waals surface area contributed by atoms with E-state index < -0.39 is 10.0 Å². The van der Waals surface area contributed by atoms with E-state index >= 15 is 0 Å². The molecule has 3 rings (SSSR count). The van der Waals surface area contributed by atoms with Gasteiger partial charge in [-0.3, -0.25) is 4.79 Å². The smallest absolute Gasteiger partial charge is 0.243 e. The maximum Gasteiger partial charge on any atom is 0.243 e. The summed E-state index contributed by atoms with van der Waals surface area (Å²) in [5, 5.41) is 2.75. The molecule has 1 amide bonds. The number of piperidine rings is 1. The molecule has 114 valence electrons. The number of carbonyl (C=O) groups is 1. The number of sulfonamides is 1. The van der Waals surface area contributed by atoms with E-state index in [-0.39, 0.29) is 22.8 Å². The summed E-state index contributed by atoms with van der Waals surface area (Å²) in [6, 6.07) is 4.71. The lowest BCUT2D eigenvalue weighted by atomic mass is 10.0. The van der Waals surface area contributed by atoms with Gasteiger partial charge >= 0.3 is 0 Å². The number of benzene rings is 1. The van der Waals surface area contributed by atoms with Gasteiger partial charge in [0, 0.05) is 24.8 Å². The normalized spacial score (nSPS) is 26.5.